The highest BCUT2D eigenvalue weighted by atomic mass is 16.2. The van der Waals surface area contributed by atoms with E-state index in [2.05, 4.69) is 17.1 Å². The van der Waals surface area contributed by atoms with Crippen molar-refractivity contribution in [2.45, 2.75) is 25.8 Å². The highest BCUT2D eigenvalue weighted by Gasteiger charge is 2.20. The Hall–Kier alpha value is -1.88. The molecule has 1 aromatic carbocycles. The first-order valence-electron chi connectivity index (χ1n) is 7.03. The fraction of sp³-hybridized carbons (Fsp3) is 0.467. The van der Waals surface area contributed by atoms with Gasteiger partial charge in [-0.3, -0.25) is 9.59 Å². The molecule has 1 aliphatic heterocycles. The summed E-state index contributed by atoms with van der Waals surface area (Å²) in [4.78, 5) is 25.7. The molecule has 0 bridgehead atoms. The molecule has 0 atom stereocenters. The number of nitrogens with two attached hydrogens (primary N) is 1. The molecule has 108 valence electrons. The van der Waals surface area contributed by atoms with Crippen molar-refractivity contribution in [3.63, 3.8) is 0 Å². The molecule has 0 unspecified atom stereocenters. The van der Waals surface area contributed by atoms with Gasteiger partial charge in [0.2, 0.25) is 5.91 Å². The first-order valence-corrected chi connectivity index (χ1v) is 7.03. The number of benzene rings is 1. The summed E-state index contributed by atoms with van der Waals surface area (Å²) in [5, 5.41) is 3.03. The van der Waals surface area contributed by atoms with Crippen LogP contribution in [0.25, 0.3) is 0 Å². The molecule has 1 fully saturated rings. The lowest BCUT2D eigenvalue weighted by molar-refractivity contribution is 0.0912. The topological polar surface area (TPSA) is 75.4 Å². The van der Waals surface area contributed by atoms with Gasteiger partial charge in [0.1, 0.15) is 0 Å². The van der Waals surface area contributed by atoms with Crippen LogP contribution in [0.1, 0.15) is 40.5 Å². The molecular formula is C15H21N3O2. The van der Waals surface area contributed by atoms with Gasteiger partial charge in [-0.15, -0.1) is 0 Å². The second-order valence-electron chi connectivity index (χ2n) is 5.13. The second-order valence-corrected chi connectivity index (χ2v) is 5.13. The number of nitrogens with one attached hydrogen (secondary N) is 1. The van der Waals surface area contributed by atoms with Crippen LogP contribution in [0.3, 0.4) is 0 Å². The van der Waals surface area contributed by atoms with Crippen LogP contribution in [0.15, 0.2) is 24.3 Å². The van der Waals surface area contributed by atoms with Gasteiger partial charge in [0.05, 0.1) is 0 Å². The van der Waals surface area contributed by atoms with Gasteiger partial charge in [-0.05, 0) is 37.6 Å². The van der Waals surface area contributed by atoms with E-state index >= 15 is 0 Å². The van der Waals surface area contributed by atoms with Gasteiger partial charge in [-0.25, -0.2) is 0 Å². The molecule has 0 spiro atoms. The van der Waals surface area contributed by atoms with Crippen molar-refractivity contribution in [2.75, 3.05) is 19.6 Å². The zero-order valence-corrected chi connectivity index (χ0v) is 11.8. The molecule has 2 rings (SSSR count). The summed E-state index contributed by atoms with van der Waals surface area (Å²) < 4.78 is 0. The Morgan fingerprint density at radius 1 is 1.30 bits per heavy atom. The standard InChI is InChI=1S/C15H21N3O2/c1-2-18-8-6-13(7-9-18)17-15(20)12-5-3-4-11(10-12)14(16)19/h3-5,10,13H,2,6-9H2,1H3,(H2,16,19)(H,17,20). The van der Waals surface area contributed by atoms with Crippen LogP contribution in [0.2, 0.25) is 0 Å². The molecule has 1 heterocycles. The van der Waals surface area contributed by atoms with Crippen LogP contribution in [0, 0.1) is 0 Å². The summed E-state index contributed by atoms with van der Waals surface area (Å²) in [5.74, 6) is -0.654. The largest absolute Gasteiger partial charge is 0.366 e. The van der Waals surface area contributed by atoms with Gasteiger partial charge >= 0.3 is 0 Å². The van der Waals surface area contributed by atoms with Gasteiger partial charge in [-0.1, -0.05) is 13.0 Å². The normalized spacial score (nSPS) is 16.9. The maximum Gasteiger partial charge on any atom is 0.251 e. The number of hydrogen-bond acceptors (Lipinski definition) is 3. The Kier molecular flexibility index (Phi) is 4.74. The lowest BCUT2D eigenvalue weighted by Gasteiger charge is -2.31. The second kappa shape index (κ2) is 6.52. The quantitative estimate of drug-likeness (QED) is 0.860. The predicted molar refractivity (Wildman–Crippen MR) is 77.6 cm³/mol. The Bertz CT molecular complexity index is 494. The third-order valence-corrected chi connectivity index (χ3v) is 3.78. The Morgan fingerprint density at radius 2 is 1.95 bits per heavy atom. The van der Waals surface area contributed by atoms with Crippen molar-refractivity contribution in [1.29, 1.82) is 0 Å². The monoisotopic (exact) mass is 275 g/mol. The highest BCUT2D eigenvalue weighted by Crippen LogP contribution is 2.11. The van der Waals surface area contributed by atoms with Gasteiger partial charge < -0.3 is 16.0 Å². The fourth-order valence-electron chi connectivity index (χ4n) is 2.48. The average Bonchev–Trinajstić information content (AvgIpc) is 2.48. The van der Waals surface area contributed by atoms with E-state index in [0.717, 1.165) is 32.5 Å². The minimum Gasteiger partial charge on any atom is -0.366 e. The van der Waals surface area contributed by atoms with Crippen molar-refractivity contribution >= 4 is 11.8 Å². The number of likely N-dealkylation sites (tertiary alicyclic amines) is 1. The molecule has 5 heteroatoms. The first-order chi connectivity index (χ1) is 9.60. The molecule has 2 amide bonds. The number of hydrogen-bond donors (Lipinski definition) is 2. The molecule has 20 heavy (non-hydrogen) atoms. The SMILES string of the molecule is CCN1CCC(NC(=O)c2cccc(C(N)=O)c2)CC1. The van der Waals surface area contributed by atoms with Crippen molar-refractivity contribution < 1.29 is 9.59 Å². The molecule has 5 nitrogen and oxygen atoms in total. The van der Waals surface area contributed by atoms with Crippen LogP contribution in [-0.4, -0.2) is 42.4 Å². The smallest absolute Gasteiger partial charge is 0.251 e. The zero-order chi connectivity index (χ0) is 14.5. The number of carbonyl (C=O) groups excluding carboxylic acids is 2. The van der Waals surface area contributed by atoms with Gasteiger partial charge in [0.25, 0.3) is 5.91 Å². The summed E-state index contributed by atoms with van der Waals surface area (Å²) in [5.41, 5.74) is 6.07. The van der Waals surface area contributed by atoms with Crippen molar-refractivity contribution in [1.82, 2.24) is 10.2 Å². The molecule has 0 saturated carbocycles. The molecule has 0 radical (unpaired) electrons. The van der Waals surface area contributed by atoms with E-state index in [9.17, 15) is 9.59 Å². The maximum atomic E-state index is 12.2. The molecule has 0 aromatic heterocycles. The minimum absolute atomic E-state index is 0.136. The zero-order valence-electron chi connectivity index (χ0n) is 11.8. The molecule has 3 N–H and O–H groups in total. The van der Waals surface area contributed by atoms with E-state index in [0.29, 0.717) is 11.1 Å². The lowest BCUT2D eigenvalue weighted by Crippen LogP contribution is -2.44. The third kappa shape index (κ3) is 3.57. The van der Waals surface area contributed by atoms with E-state index in [1.807, 2.05) is 0 Å². The Labute approximate surface area is 119 Å². The highest BCUT2D eigenvalue weighted by molar-refractivity contribution is 5.99. The summed E-state index contributed by atoms with van der Waals surface area (Å²) in [6.07, 6.45) is 1.93. The number of rotatable bonds is 4. The summed E-state index contributed by atoms with van der Waals surface area (Å²) in [7, 11) is 0. The number of piperidine rings is 1. The summed E-state index contributed by atoms with van der Waals surface area (Å²) >= 11 is 0. The Morgan fingerprint density at radius 3 is 2.55 bits per heavy atom. The number of carbonyl (C=O) groups is 2. The van der Waals surface area contributed by atoms with E-state index in [-0.39, 0.29) is 11.9 Å². The lowest BCUT2D eigenvalue weighted by atomic mass is 10.0. The predicted octanol–water partition coefficient (Wildman–Crippen LogP) is 1.000. The van der Waals surface area contributed by atoms with Gasteiger partial charge in [0, 0.05) is 30.3 Å². The van der Waals surface area contributed by atoms with Crippen molar-refractivity contribution in [2.24, 2.45) is 5.73 Å². The van der Waals surface area contributed by atoms with Crippen LogP contribution >= 0.6 is 0 Å². The van der Waals surface area contributed by atoms with Gasteiger partial charge in [0.15, 0.2) is 0 Å². The van der Waals surface area contributed by atoms with E-state index < -0.39 is 5.91 Å². The third-order valence-electron chi connectivity index (χ3n) is 3.78. The van der Waals surface area contributed by atoms with E-state index in [1.165, 1.54) is 0 Å². The summed E-state index contributed by atoms with van der Waals surface area (Å²) in [6, 6.07) is 6.73. The van der Waals surface area contributed by atoms with Crippen molar-refractivity contribution in [3.05, 3.63) is 35.4 Å². The molecule has 0 aliphatic carbocycles. The maximum absolute atomic E-state index is 12.2. The molecule has 1 saturated heterocycles. The number of nitrogens with zero attached hydrogens (tertiary/aromatic N) is 1. The van der Waals surface area contributed by atoms with Gasteiger partial charge in [-0.2, -0.15) is 0 Å². The number of amides is 2. The van der Waals surface area contributed by atoms with Crippen LogP contribution in [0.4, 0.5) is 0 Å². The van der Waals surface area contributed by atoms with Crippen molar-refractivity contribution in [3.8, 4) is 0 Å². The molecule has 1 aromatic rings. The molecule has 1 aliphatic rings. The van der Waals surface area contributed by atoms with Crippen LogP contribution in [0.5, 0.6) is 0 Å². The van der Waals surface area contributed by atoms with E-state index in [4.69, 9.17) is 5.73 Å². The first kappa shape index (κ1) is 14.5. The average molecular weight is 275 g/mol. The van der Waals surface area contributed by atoms with Crippen LogP contribution in [-0.2, 0) is 0 Å². The Balaban J connectivity index is 1.95. The fourth-order valence-corrected chi connectivity index (χ4v) is 2.48. The summed E-state index contributed by atoms with van der Waals surface area (Å²) in [6.45, 7) is 5.24. The number of primary amides is 1. The van der Waals surface area contributed by atoms with Crippen LogP contribution < -0.4 is 11.1 Å². The van der Waals surface area contributed by atoms with E-state index in [1.54, 1.807) is 24.3 Å². The molecular weight excluding hydrogens is 254 g/mol. The minimum atomic E-state index is -0.518.